The highest BCUT2D eigenvalue weighted by Crippen LogP contribution is 2.53. The van der Waals surface area contributed by atoms with Crippen LogP contribution in [0, 0.1) is 24.7 Å². The molecule has 31 heavy (non-hydrogen) atoms. The summed E-state index contributed by atoms with van der Waals surface area (Å²) in [5.41, 5.74) is 0.575. The third kappa shape index (κ3) is 3.13. The predicted molar refractivity (Wildman–Crippen MR) is 120 cm³/mol. The lowest BCUT2D eigenvalue weighted by Crippen LogP contribution is -2.59. The molecule has 2 N–H and O–H groups in total. The number of fused-ring (bicyclic) bond motifs is 1. The van der Waals surface area contributed by atoms with E-state index in [-0.39, 0.29) is 11.8 Å². The van der Waals surface area contributed by atoms with Gasteiger partial charge in [0.25, 0.3) is 0 Å². The van der Waals surface area contributed by atoms with Crippen LogP contribution in [-0.4, -0.2) is 28.4 Å². The number of carbonyl (C=O) groups excluding carboxylic acids is 2. The molecule has 5 atom stereocenters. The normalized spacial score (nSPS) is 28.6. The van der Waals surface area contributed by atoms with Gasteiger partial charge in [0.05, 0.1) is 17.5 Å². The van der Waals surface area contributed by atoms with E-state index in [0.717, 1.165) is 15.6 Å². The lowest BCUT2D eigenvalue weighted by atomic mass is 9.72. The monoisotopic (exact) mass is 484 g/mol. The van der Waals surface area contributed by atoms with Crippen molar-refractivity contribution < 1.29 is 19.5 Å². The second-order valence-electron chi connectivity index (χ2n) is 8.46. The van der Waals surface area contributed by atoms with Crippen LogP contribution >= 0.6 is 15.9 Å². The molecule has 7 heteroatoms. The van der Waals surface area contributed by atoms with E-state index in [4.69, 9.17) is 0 Å². The molecule has 0 bridgehead atoms. The van der Waals surface area contributed by atoms with E-state index in [1.807, 2.05) is 57.2 Å². The zero-order valence-electron chi connectivity index (χ0n) is 17.6. The maximum absolute atomic E-state index is 13.7. The van der Waals surface area contributed by atoms with Crippen molar-refractivity contribution in [1.82, 2.24) is 5.32 Å². The number of carboxylic acid groups (broad SMARTS) is 1. The van der Waals surface area contributed by atoms with Crippen molar-refractivity contribution in [3.05, 3.63) is 64.1 Å². The van der Waals surface area contributed by atoms with Crippen LogP contribution in [0.4, 0.5) is 5.69 Å². The molecule has 2 fully saturated rings. The number of amides is 2. The Balaban J connectivity index is 1.90. The van der Waals surface area contributed by atoms with Gasteiger partial charge in [-0.1, -0.05) is 66.5 Å². The minimum Gasteiger partial charge on any atom is -0.480 e. The number of nitrogens with one attached hydrogen (secondary N) is 1. The molecule has 0 aliphatic carbocycles. The van der Waals surface area contributed by atoms with Crippen molar-refractivity contribution in [3.8, 4) is 0 Å². The van der Waals surface area contributed by atoms with E-state index in [1.165, 1.54) is 4.90 Å². The summed E-state index contributed by atoms with van der Waals surface area (Å²) in [4.78, 5) is 41.3. The first-order valence-electron chi connectivity index (χ1n) is 10.4. The molecule has 0 saturated carbocycles. The van der Waals surface area contributed by atoms with Gasteiger partial charge in [0.1, 0.15) is 5.54 Å². The first kappa shape index (κ1) is 21.7. The average Bonchev–Trinajstić information content (AvgIpc) is 3.24. The Labute approximate surface area is 189 Å². The summed E-state index contributed by atoms with van der Waals surface area (Å²) in [5.74, 6) is -4.02. The number of aryl methyl sites for hydroxylation is 1. The quantitative estimate of drug-likeness (QED) is 0.624. The molecular weight excluding hydrogens is 460 g/mol. The van der Waals surface area contributed by atoms with Crippen molar-refractivity contribution >= 4 is 39.4 Å². The summed E-state index contributed by atoms with van der Waals surface area (Å²) in [7, 11) is 0. The topological polar surface area (TPSA) is 86.7 Å². The molecule has 4 rings (SSSR count). The Bertz CT molecular complexity index is 1050. The van der Waals surface area contributed by atoms with Crippen LogP contribution in [0.2, 0.25) is 0 Å². The van der Waals surface area contributed by atoms with Gasteiger partial charge in [-0.2, -0.15) is 0 Å². The lowest BCUT2D eigenvalue weighted by molar-refractivity contribution is -0.151. The fourth-order valence-electron chi connectivity index (χ4n) is 5.13. The van der Waals surface area contributed by atoms with Crippen molar-refractivity contribution in [2.24, 2.45) is 17.8 Å². The molecule has 6 nitrogen and oxygen atoms in total. The largest absolute Gasteiger partial charge is 0.480 e. The van der Waals surface area contributed by atoms with Gasteiger partial charge in [-0.25, -0.2) is 4.90 Å². The number of hydrogen-bond acceptors (Lipinski definition) is 4. The van der Waals surface area contributed by atoms with E-state index >= 15 is 0 Å². The molecule has 2 heterocycles. The van der Waals surface area contributed by atoms with E-state index < -0.39 is 35.3 Å². The van der Waals surface area contributed by atoms with Crippen molar-refractivity contribution in [3.63, 3.8) is 0 Å². The molecule has 2 aliphatic heterocycles. The van der Waals surface area contributed by atoms with Gasteiger partial charge in [-0.15, -0.1) is 0 Å². The van der Waals surface area contributed by atoms with Gasteiger partial charge in [-0.3, -0.25) is 19.7 Å². The highest BCUT2D eigenvalue weighted by Gasteiger charge is 2.70. The van der Waals surface area contributed by atoms with Crippen molar-refractivity contribution in [2.75, 3.05) is 4.90 Å². The lowest BCUT2D eigenvalue weighted by Gasteiger charge is -2.36. The molecule has 5 unspecified atom stereocenters. The van der Waals surface area contributed by atoms with Crippen molar-refractivity contribution in [1.29, 1.82) is 0 Å². The minimum absolute atomic E-state index is 0.351. The fraction of sp³-hybridized carbons (Fsp3) is 0.375. The molecular formula is C24H25BrN2O4. The molecule has 2 aliphatic rings. The van der Waals surface area contributed by atoms with Gasteiger partial charge in [0.2, 0.25) is 11.8 Å². The molecule has 162 valence electrons. The predicted octanol–water partition coefficient (Wildman–Crippen LogP) is 4.08. The maximum atomic E-state index is 13.7. The third-order valence-corrected chi connectivity index (χ3v) is 7.45. The number of carbonyl (C=O) groups is 3. The SMILES string of the molecule is CCC(C)C1(C(=O)O)NC(c2ccc(Br)cc2)C2C(=O)N(c3ccccc3C)C(=O)C21. The summed E-state index contributed by atoms with van der Waals surface area (Å²) >= 11 is 3.42. The zero-order chi connectivity index (χ0) is 22.5. The van der Waals surface area contributed by atoms with Gasteiger partial charge in [-0.05, 0) is 42.2 Å². The molecule has 2 aromatic rings. The van der Waals surface area contributed by atoms with Crippen molar-refractivity contribution in [2.45, 2.75) is 38.8 Å². The number of carboxylic acids is 1. The number of anilines is 1. The number of aliphatic carboxylic acids is 1. The number of benzene rings is 2. The second-order valence-corrected chi connectivity index (χ2v) is 9.37. The standard InChI is InChI=1S/C24H25BrN2O4/c1-4-14(3)24(23(30)31)19-18(20(26-24)15-9-11-16(25)12-10-15)21(28)27(22(19)29)17-8-6-5-7-13(17)2/h5-12,14,18-20,26H,4H2,1-3H3,(H,30,31). The van der Waals surface area contributed by atoms with Crippen LogP contribution < -0.4 is 10.2 Å². The van der Waals surface area contributed by atoms with Gasteiger partial charge < -0.3 is 5.11 Å². The molecule has 0 spiro atoms. The number of hydrogen-bond donors (Lipinski definition) is 2. The summed E-state index contributed by atoms with van der Waals surface area (Å²) in [6.07, 6.45) is 0.557. The summed E-state index contributed by atoms with van der Waals surface area (Å²) < 4.78 is 0.882. The second kappa shape index (κ2) is 7.88. The third-order valence-electron chi connectivity index (χ3n) is 6.92. The molecule has 2 amide bonds. The number of para-hydroxylation sites is 1. The number of nitrogens with zero attached hydrogens (tertiary/aromatic N) is 1. The van der Waals surface area contributed by atoms with Crippen LogP contribution in [0.5, 0.6) is 0 Å². The molecule has 2 saturated heterocycles. The molecule has 0 aromatic heterocycles. The van der Waals surface area contributed by atoms with E-state index in [2.05, 4.69) is 21.2 Å². The maximum Gasteiger partial charge on any atom is 0.325 e. The highest BCUT2D eigenvalue weighted by molar-refractivity contribution is 9.10. The molecule has 2 aromatic carbocycles. The highest BCUT2D eigenvalue weighted by atomic mass is 79.9. The first-order chi connectivity index (χ1) is 14.7. The molecule has 0 radical (unpaired) electrons. The van der Waals surface area contributed by atoms with Gasteiger partial charge in [0.15, 0.2) is 0 Å². The van der Waals surface area contributed by atoms with Crippen LogP contribution in [0.1, 0.15) is 37.4 Å². The van der Waals surface area contributed by atoms with Gasteiger partial charge >= 0.3 is 5.97 Å². The Morgan fingerprint density at radius 3 is 2.39 bits per heavy atom. The minimum atomic E-state index is -1.53. The van der Waals surface area contributed by atoms with E-state index in [0.29, 0.717) is 12.1 Å². The van der Waals surface area contributed by atoms with Crippen LogP contribution in [0.15, 0.2) is 53.0 Å². The summed E-state index contributed by atoms with van der Waals surface area (Å²) in [5, 5.41) is 13.6. The Morgan fingerprint density at radius 2 is 1.81 bits per heavy atom. The van der Waals surface area contributed by atoms with E-state index in [9.17, 15) is 19.5 Å². The van der Waals surface area contributed by atoms with Gasteiger partial charge in [0, 0.05) is 10.5 Å². The number of halogens is 1. The van der Waals surface area contributed by atoms with Crippen LogP contribution in [-0.2, 0) is 14.4 Å². The van der Waals surface area contributed by atoms with E-state index in [1.54, 1.807) is 12.1 Å². The average molecular weight is 485 g/mol. The Hall–Kier alpha value is -2.51. The first-order valence-corrected chi connectivity index (χ1v) is 11.2. The van der Waals surface area contributed by atoms with Crippen LogP contribution in [0.3, 0.4) is 0 Å². The fourth-order valence-corrected chi connectivity index (χ4v) is 5.40. The number of imide groups is 1. The van der Waals surface area contributed by atoms with Crippen LogP contribution in [0.25, 0.3) is 0 Å². The summed E-state index contributed by atoms with van der Waals surface area (Å²) in [6, 6.07) is 14.1. The smallest absolute Gasteiger partial charge is 0.325 e. The Morgan fingerprint density at radius 1 is 1.16 bits per heavy atom. The number of rotatable bonds is 5. The Kier molecular flexibility index (Phi) is 5.52. The zero-order valence-corrected chi connectivity index (χ0v) is 19.2. The summed E-state index contributed by atoms with van der Waals surface area (Å²) in [6.45, 7) is 5.57.